The lowest BCUT2D eigenvalue weighted by molar-refractivity contribution is 0.0695. The van der Waals surface area contributed by atoms with E-state index in [0.717, 1.165) is 5.56 Å². The van der Waals surface area contributed by atoms with E-state index < -0.39 is 14.3 Å². The van der Waals surface area contributed by atoms with Crippen molar-refractivity contribution in [2.75, 3.05) is 6.61 Å². The Kier molecular flexibility index (Phi) is 7.49. The minimum Gasteiger partial charge on any atom is -0.489 e. The van der Waals surface area contributed by atoms with Crippen molar-refractivity contribution in [3.63, 3.8) is 0 Å². The van der Waals surface area contributed by atoms with Crippen LogP contribution in [0.15, 0.2) is 48.5 Å². The van der Waals surface area contributed by atoms with Crippen molar-refractivity contribution >= 4 is 14.3 Å². The van der Waals surface area contributed by atoms with Gasteiger partial charge in [-0.15, -0.1) is 0 Å². The average Bonchev–Trinajstić information content (AvgIpc) is 2.64. The number of aromatic carboxylic acids is 1. The normalized spacial score (nSPS) is 13.0. The van der Waals surface area contributed by atoms with Gasteiger partial charge in [0, 0.05) is 6.07 Å². The summed E-state index contributed by atoms with van der Waals surface area (Å²) in [5, 5.41) is 9.54. The molecule has 0 fully saturated rings. The molecule has 0 amide bonds. The summed E-state index contributed by atoms with van der Waals surface area (Å²) in [6, 6.07) is 14.5. The molecule has 0 saturated heterocycles. The van der Waals surface area contributed by atoms with Crippen LogP contribution < -0.4 is 9.47 Å². The van der Waals surface area contributed by atoms with Crippen molar-refractivity contribution in [2.24, 2.45) is 0 Å². The molecule has 0 aliphatic heterocycles. The highest BCUT2D eigenvalue weighted by atomic mass is 28.4. The number of carboxylic acids is 1. The third-order valence-corrected chi connectivity index (χ3v) is 9.70. The Morgan fingerprint density at radius 2 is 1.69 bits per heavy atom. The molecule has 0 bridgehead atoms. The molecule has 2 rings (SSSR count). The van der Waals surface area contributed by atoms with Gasteiger partial charge in [-0.3, -0.25) is 0 Å². The molecule has 0 heterocycles. The summed E-state index contributed by atoms with van der Waals surface area (Å²) in [6.07, 6.45) is -0.213. The van der Waals surface area contributed by atoms with Crippen LogP contribution in [0, 0.1) is 0 Å². The lowest BCUT2D eigenvalue weighted by Gasteiger charge is -2.36. The summed E-state index contributed by atoms with van der Waals surface area (Å²) < 4.78 is 18.0. The fourth-order valence-electron chi connectivity index (χ4n) is 2.40. The molecule has 0 radical (unpaired) electrons. The van der Waals surface area contributed by atoms with Crippen LogP contribution in [0.25, 0.3) is 0 Å². The topological polar surface area (TPSA) is 65.0 Å². The maximum Gasteiger partial charge on any atom is 0.335 e. The van der Waals surface area contributed by atoms with Crippen molar-refractivity contribution < 1.29 is 23.8 Å². The van der Waals surface area contributed by atoms with Gasteiger partial charge in [0.05, 0.1) is 12.2 Å². The standard InChI is InChI=1S/C23H32O5Si/c1-17(15-27-29(5,6)23(2,3)4)28-21-13-19(22(24)25)12-20(14-21)26-16-18-10-8-7-9-11-18/h7-14,17H,15-16H2,1-6H3,(H,24,25). The van der Waals surface area contributed by atoms with Crippen LogP contribution in [0.2, 0.25) is 18.1 Å². The zero-order chi connectivity index (χ0) is 21.7. The quantitative estimate of drug-likeness (QED) is 0.527. The highest BCUT2D eigenvalue weighted by Crippen LogP contribution is 2.36. The SMILES string of the molecule is CC(CO[Si](C)(C)C(C)(C)C)Oc1cc(OCc2ccccc2)cc(C(=O)O)c1. The number of hydrogen-bond acceptors (Lipinski definition) is 4. The predicted molar refractivity (Wildman–Crippen MR) is 117 cm³/mol. The van der Waals surface area contributed by atoms with Gasteiger partial charge in [-0.2, -0.15) is 0 Å². The molecule has 158 valence electrons. The maximum absolute atomic E-state index is 11.5. The van der Waals surface area contributed by atoms with Gasteiger partial charge in [-0.1, -0.05) is 51.1 Å². The first kappa shape index (κ1) is 23.0. The van der Waals surface area contributed by atoms with E-state index in [1.165, 1.54) is 12.1 Å². The molecule has 5 nitrogen and oxygen atoms in total. The molecule has 6 heteroatoms. The first-order valence-electron chi connectivity index (χ1n) is 9.84. The molecule has 1 unspecified atom stereocenters. The molecule has 29 heavy (non-hydrogen) atoms. The molecule has 1 N–H and O–H groups in total. The van der Waals surface area contributed by atoms with Gasteiger partial charge in [0.1, 0.15) is 24.2 Å². The lowest BCUT2D eigenvalue weighted by Crippen LogP contribution is -2.43. The minimum atomic E-state index is -1.87. The molecule has 0 aliphatic carbocycles. The number of carboxylic acid groups (broad SMARTS) is 1. The Hall–Kier alpha value is -2.31. The van der Waals surface area contributed by atoms with E-state index in [1.807, 2.05) is 37.3 Å². The number of rotatable bonds is 9. The third kappa shape index (κ3) is 6.90. The number of ether oxygens (including phenoxy) is 2. The van der Waals surface area contributed by atoms with Crippen molar-refractivity contribution in [3.8, 4) is 11.5 Å². The molecule has 0 saturated carbocycles. The first-order valence-corrected chi connectivity index (χ1v) is 12.7. The Morgan fingerprint density at radius 3 is 2.28 bits per heavy atom. The van der Waals surface area contributed by atoms with Crippen molar-refractivity contribution in [1.29, 1.82) is 0 Å². The van der Waals surface area contributed by atoms with Gasteiger partial charge >= 0.3 is 5.97 Å². The molecule has 2 aromatic rings. The molecule has 0 spiro atoms. The van der Waals surface area contributed by atoms with E-state index in [1.54, 1.807) is 6.07 Å². The highest BCUT2D eigenvalue weighted by molar-refractivity contribution is 6.74. The summed E-state index contributed by atoms with van der Waals surface area (Å²) >= 11 is 0. The largest absolute Gasteiger partial charge is 0.489 e. The molecule has 1 atom stereocenters. The van der Waals surface area contributed by atoms with Gasteiger partial charge in [-0.05, 0) is 42.8 Å². The van der Waals surface area contributed by atoms with Crippen molar-refractivity contribution in [3.05, 3.63) is 59.7 Å². The highest BCUT2D eigenvalue weighted by Gasteiger charge is 2.37. The van der Waals surface area contributed by atoms with E-state index in [2.05, 4.69) is 33.9 Å². The zero-order valence-corrected chi connectivity index (χ0v) is 19.2. The molecular weight excluding hydrogens is 384 g/mol. The Balaban J connectivity index is 2.07. The van der Waals surface area contributed by atoms with E-state index in [9.17, 15) is 9.90 Å². The second-order valence-electron chi connectivity index (χ2n) is 8.77. The second kappa shape index (κ2) is 9.46. The monoisotopic (exact) mass is 416 g/mol. The number of carbonyl (C=O) groups is 1. The summed E-state index contributed by atoms with van der Waals surface area (Å²) in [5.74, 6) is -0.106. The fraction of sp³-hybridized carbons (Fsp3) is 0.435. The fourth-order valence-corrected chi connectivity index (χ4v) is 3.48. The van der Waals surface area contributed by atoms with Gasteiger partial charge in [0.25, 0.3) is 0 Å². The molecule has 2 aromatic carbocycles. The van der Waals surface area contributed by atoms with Crippen LogP contribution in [0.5, 0.6) is 11.5 Å². The number of hydrogen-bond donors (Lipinski definition) is 1. The van der Waals surface area contributed by atoms with Gasteiger partial charge in [-0.25, -0.2) is 4.79 Å². The summed E-state index contributed by atoms with van der Waals surface area (Å²) in [4.78, 5) is 11.5. The van der Waals surface area contributed by atoms with Crippen LogP contribution in [-0.2, 0) is 11.0 Å². The van der Waals surface area contributed by atoms with Crippen LogP contribution in [-0.4, -0.2) is 32.1 Å². The summed E-state index contributed by atoms with van der Waals surface area (Å²) in [5.41, 5.74) is 1.13. The predicted octanol–water partition coefficient (Wildman–Crippen LogP) is 5.75. The Morgan fingerprint density at radius 1 is 1.07 bits per heavy atom. The van der Waals surface area contributed by atoms with E-state index in [-0.39, 0.29) is 16.7 Å². The van der Waals surface area contributed by atoms with E-state index in [4.69, 9.17) is 13.9 Å². The van der Waals surface area contributed by atoms with Gasteiger partial charge in [0.15, 0.2) is 8.32 Å². The third-order valence-electron chi connectivity index (χ3n) is 5.20. The van der Waals surface area contributed by atoms with E-state index in [0.29, 0.717) is 24.7 Å². The Labute approximate surface area is 174 Å². The second-order valence-corrected chi connectivity index (χ2v) is 13.6. The van der Waals surface area contributed by atoms with Crippen LogP contribution in [0.1, 0.15) is 43.6 Å². The average molecular weight is 417 g/mol. The number of benzene rings is 2. The van der Waals surface area contributed by atoms with Crippen molar-refractivity contribution in [1.82, 2.24) is 0 Å². The molecular formula is C23H32O5Si. The lowest BCUT2D eigenvalue weighted by atomic mass is 10.2. The maximum atomic E-state index is 11.5. The summed E-state index contributed by atoms with van der Waals surface area (Å²) in [6.45, 7) is 13.7. The zero-order valence-electron chi connectivity index (χ0n) is 18.2. The summed E-state index contributed by atoms with van der Waals surface area (Å²) in [7, 11) is -1.87. The van der Waals surface area contributed by atoms with Gasteiger partial charge in [0.2, 0.25) is 0 Å². The minimum absolute atomic E-state index is 0.119. The van der Waals surface area contributed by atoms with Crippen LogP contribution in [0.3, 0.4) is 0 Å². The van der Waals surface area contributed by atoms with E-state index >= 15 is 0 Å². The molecule has 0 aromatic heterocycles. The van der Waals surface area contributed by atoms with Gasteiger partial charge < -0.3 is 19.0 Å². The first-order chi connectivity index (χ1) is 13.5. The smallest absolute Gasteiger partial charge is 0.335 e. The van der Waals surface area contributed by atoms with Crippen molar-refractivity contribution in [2.45, 2.75) is 58.5 Å². The van der Waals surface area contributed by atoms with Crippen LogP contribution in [0.4, 0.5) is 0 Å². The Bertz CT molecular complexity index is 812. The van der Waals surface area contributed by atoms with Crippen LogP contribution >= 0.6 is 0 Å². The molecule has 0 aliphatic rings.